The Balaban J connectivity index is 4.02. The Labute approximate surface area is 80.9 Å². The second-order valence-corrected chi connectivity index (χ2v) is 4.86. The van der Waals surface area contributed by atoms with Crippen molar-refractivity contribution in [3.8, 4) is 0 Å². The zero-order valence-corrected chi connectivity index (χ0v) is 9.26. The van der Waals surface area contributed by atoms with Gasteiger partial charge in [0, 0.05) is 0 Å². The molecule has 0 rings (SSSR count). The van der Waals surface area contributed by atoms with Crippen LogP contribution in [0.2, 0.25) is 0 Å². The molecule has 1 unspecified atom stereocenters. The predicted molar refractivity (Wildman–Crippen MR) is 53.7 cm³/mol. The van der Waals surface area contributed by atoms with Crippen molar-refractivity contribution < 1.29 is 9.78 Å². The minimum Gasteiger partial charge on any atom is -0.325 e. The summed E-state index contributed by atoms with van der Waals surface area (Å²) in [7, 11) is 0. The highest BCUT2D eigenvalue weighted by molar-refractivity contribution is 5.39. The molecule has 78 valence electrons. The van der Waals surface area contributed by atoms with Gasteiger partial charge in [-0.25, -0.2) is 0 Å². The Hall–Kier alpha value is -0.570. The van der Waals surface area contributed by atoms with Crippen LogP contribution in [-0.4, -0.2) is 12.5 Å². The summed E-state index contributed by atoms with van der Waals surface area (Å²) in [5.74, 6) is 0.402. The first-order chi connectivity index (χ1) is 5.87. The van der Waals surface area contributed by atoms with E-state index in [1.54, 1.807) is 0 Å². The molecule has 0 amide bonds. The molecule has 0 radical (unpaired) electrons. The lowest BCUT2D eigenvalue weighted by molar-refractivity contribution is -0.270. The van der Waals surface area contributed by atoms with E-state index in [-0.39, 0.29) is 11.5 Å². The molecule has 1 N–H and O–H groups in total. The van der Waals surface area contributed by atoms with Crippen LogP contribution in [0, 0.1) is 16.7 Å². The standard InChI is InChI=1S/C10H21NO2/c1-8(2)9(13-12-7-11)6-10(3,4)5/h7-9,11H,6H2,1-5H3. The van der Waals surface area contributed by atoms with E-state index >= 15 is 0 Å². The molecule has 13 heavy (non-hydrogen) atoms. The molecule has 0 heterocycles. The highest BCUT2D eigenvalue weighted by atomic mass is 17.2. The second-order valence-electron chi connectivity index (χ2n) is 4.86. The van der Waals surface area contributed by atoms with E-state index in [9.17, 15) is 0 Å². The molecule has 0 aromatic carbocycles. The predicted octanol–water partition coefficient (Wildman–Crippen LogP) is 3.00. The molecule has 0 spiro atoms. The Morgan fingerprint density at radius 3 is 2.15 bits per heavy atom. The Bertz CT molecular complexity index is 149. The van der Waals surface area contributed by atoms with Gasteiger partial charge in [-0.3, -0.25) is 5.41 Å². The smallest absolute Gasteiger partial charge is 0.212 e. The number of hydrogen-bond acceptors (Lipinski definition) is 3. The van der Waals surface area contributed by atoms with Gasteiger partial charge in [-0.05, 0) is 17.8 Å². The maximum Gasteiger partial charge on any atom is 0.212 e. The molecule has 0 aromatic heterocycles. The second kappa shape index (κ2) is 5.22. The molecular weight excluding hydrogens is 166 g/mol. The van der Waals surface area contributed by atoms with E-state index in [1.165, 1.54) is 0 Å². The fourth-order valence-electron chi connectivity index (χ4n) is 1.08. The number of hydrogen-bond donors (Lipinski definition) is 1. The van der Waals surface area contributed by atoms with Gasteiger partial charge in [-0.1, -0.05) is 34.6 Å². The highest BCUT2D eigenvalue weighted by Gasteiger charge is 2.23. The Morgan fingerprint density at radius 1 is 1.31 bits per heavy atom. The first kappa shape index (κ1) is 12.4. The van der Waals surface area contributed by atoms with Crippen molar-refractivity contribution in [2.75, 3.05) is 0 Å². The van der Waals surface area contributed by atoms with Gasteiger partial charge < -0.3 is 4.89 Å². The maximum absolute atomic E-state index is 6.70. The van der Waals surface area contributed by atoms with Crippen LogP contribution in [0.1, 0.15) is 41.0 Å². The van der Waals surface area contributed by atoms with Gasteiger partial charge >= 0.3 is 0 Å². The fourth-order valence-corrected chi connectivity index (χ4v) is 1.08. The SMILES string of the molecule is CC(C)C(CC(C)(C)C)OOC=N. The lowest BCUT2D eigenvalue weighted by atomic mass is 9.86. The van der Waals surface area contributed by atoms with Crippen molar-refractivity contribution in [1.29, 1.82) is 5.41 Å². The van der Waals surface area contributed by atoms with E-state index in [2.05, 4.69) is 39.5 Å². The monoisotopic (exact) mass is 187 g/mol. The van der Waals surface area contributed by atoms with Crippen LogP contribution in [0.3, 0.4) is 0 Å². The van der Waals surface area contributed by atoms with Crippen LogP contribution in [-0.2, 0) is 9.78 Å². The van der Waals surface area contributed by atoms with Gasteiger partial charge in [0.25, 0.3) is 0 Å². The Kier molecular flexibility index (Phi) is 4.99. The zero-order valence-electron chi connectivity index (χ0n) is 9.26. The van der Waals surface area contributed by atoms with Crippen molar-refractivity contribution in [3.63, 3.8) is 0 Å². The Morgan fingerprint density at radius 2 is 1.85 bits per heavy atom. The van der Waals surface area contributed by atoms with Crippen molar-refractivity contribution in [1.82, 2.24) is 0 Å². The average Bonchev–Trinajstić information content (AvgIpc) is 1.95. The van der Waals surface area contributed by atoms with Crippen molar-refractivity contribution in [2.45, 2.75) is 47.1 Å². The highest BCUT2D eigenvalue weighted by Crippen LogP contribution is 2.26. The van der Waals surface area contributed by atoms with Gasteiger partial charge in [0.05, 0.1) is 0 Å². The molecule has 0 aromatic rings. The topological polar surface area (TPSA) is 42.3 Å². The summed E-state index contributed by atoms with van der Waals surface area (Å²) in [6.45, 7) is 10.7. The van der Waals surface area contributed by atoms with E-state index in [4.69, 9.17) is 10.3 Å². The number of nitrogens with one attached hydrogen (secondary N) is 1. The molecule has 1 atom stereocenters. The molecule has 0 saturated carbocycles. The third kappa shape index (κ3) is 6.58. The van der Waals surface area contributed by atoms with Crippen LogP contribution >= 0.6 is 0 Å². The molecule has 0 bridgehead atoms. The van der Waals surface area contributed by atoms with Gasteiger partial charge in [-0.2, -0.15) is 4.89 Å². The minimum absolute atomic E-state index is 0.0570. The van der Waals surface area contributed by atoms with Gasteiger partial charge in [0.2, 0.25) is 6.40 Å². The van der Waals surface area contributed by atoms with Crippen LogP contribution < -0.4 is 0 Å². The third-order valence-corrected chi connectivity index (χ3v) is 1.78. The summed E-state index contributed by atoms with van der Waals surface area (Å²) in [6.07, 6.45) is 1.80. The molecule has 3 heteroatoms. The quantitative estimate of drug-likeness (QED) is 0.311. The largest absolute Gasteiger partial charge is 0.325 e. The normalized spacial score (nSPS) is 14.3. The van der Waals surface area contributed by atoms with Crippen LogP contribution in [0.15, 0.2) is 0 Å². The molecule has 0 aliphatic rings. The maximum atomic E-state index is 6.70. The van der Waals surface area contributed by atoms with E-state index in [0.717, 1.165) is 12.8 Å². The van der Waals surface area contributed by atoms with Crippen LogP contribution in [0.25, 0.3) is 0 Å². The van der Waals surface area contributed by atoms with Crippen molar-refractivity contribution in [2.24, 2.45) is 11.3 Å². The van der Waals surface area contributed by atoms with Crippen LogP contribution in [0.5, 0.6) is 0 Å². The van der Waals surface area contributed by atoms with Crippen LogP contribution in [0.4, 0.5) is 0 Å². The molecule has 0 aliphatic heterocycles. The molecule has 0 fully saturated rings. The van der Waals surface area contributed by atoms with Crippen molar-refractivity contribution >= 4 is 6.40 Å². The zero-order chi connectivity index (χ0) is 10.5. The van der Waals surface area contributed by atoms with E-state index in [0.29, 0.717) is 5.92 Å². The molecular formula is C10H21NO2. The third-order valence-electron chi connectivity index (χ3n) is 1.78. The average molecular weight is 187 g/mol. The first-order valence-corrected chi connectivity index (χ1v) is 4.68. The van der Waals surface area contributed by atoms with Gasteiger partial charge in [0.15, 0.2) is 0 Å². The van der Waals surface area contributed by atoms with E-state index in [1.807, 2.05) is 0 Å². The van der Waals surface area contributed by atoms with E-state index < -0.39 is 0 Å². The first-order valence-electron chi connectivity index (χ1n) is 4.68. The summed E-state index contributed by atoms with van der Waals surface area (Å²) >= 11 is 0. The van der Waals surface area contributed by atoms with Gasteiger partial charge in [0.1, 0.15) is 6.10 Å². The molecule has 3 nitrogen and oxygen atoms in total. The summed E-state index contributed by atoms with van der Waals surface area (Å²) in [5, 5.41) is 6.70. The fraction of sp³-hybridized carbons (Fsp3) is 0.900. The van der Waals surface area contributed by atoms with Gasteiger partial charge in [-0.15, -0.1) is 0 Å². The summed E-state index contributed by atoms with van der Waals surface area (Å²) in [5.41, 5.74) is 0.223. The minimum atomic E-state index is 0.0570. The summed E-state index contributed by atoms with van der Waals surface area (Å²) in [6, 6.07) is 0. The summed E-state index contributed by atoms with van der Waals surface area (Å²) < 4.78 is 0. The molecule has 0 saturated heterocycles. The lowest BCUT2D eigenvalue weighted by Crippen LogP contribution is -2.25. The van der Waals surface area contributed by atoms with Crippen molar-refractivity contribution in [3.05, 3.63) is 0 Å². The molecule has 0 aliphatic carbocycles. The number of rotatable bonds is 5. The lowest BCUT2D eigenvalue weighted by Gasteiger charge is -2.26. The summed E-state index contributed by atoms with van der Waals surface area (Å²) in [4.78, 5) is 9.63.